The number of hydrogen-bond donors (Lipinski definition) is 1. The van der Waals surface area contributed by atoms with Crippen LogP contribution in [-0.4, -0.2) is 66.1 Å². The van der Waals surface area contributed by atoms with Crippen LogP contribution in [0, 0.1) is 11.8 Å². The Labute approximate surface area is 196 Å². The molecule has 2 fully saturated rings. The molecule has 2 heterocycles. The summed E-state index contributed by atoms with van der Waals surface area (Å²) in [5.74, 6) is -0.193. The van der Waals surface area contributed by atoms with E-state index in [2.05, 4.69) is 29.6 Å². The summed E-state index contributed by atoms with van der Waals surface area (Å²) in [5, 5.41) is 3.24. The van der Waals surface area contributed by atoms with Crippen LogP contribution in [0.15, 0.2) is 24.3 Å². The fourth-order valence-corrected chi connectivity index (χ4v) is 5.90. The van der Waals surface area contributed by atoms with Crippen LogP contribution in [0.2, 0.25) is 0 Å². The second kappa shape index (κ2) is 10.5. The highest BCUT2D eigenvalue weighted by Crippen LogP contribution is 2.32. The summed E-state index contributed by atoms with van der Waals surface area (Å²) in [6.07, 6.45) is 3.62. The van der Waals surface area contributed by atoms with Crippen LogP contribution in [0.5, 0.6) is 0 Å². The highest BCUT2D eigenvalue weighted by molar-refractivity contribution is 7.80. The van der Waals surface area contributed by atoms with Crippen molar-refractivity contribution in [3.05, 3.63) is 35.4 Å². The lowest BCUT2D eigenvalue weighted by Gasteiger charge is -2.33. The zero-order valence-corrected chi connectivity index (χ0v) is 19.9. The molecule has 1 unspecified atom stereocenters. The maximum absolute atomic E-state index is 13.6. The SMILES string of the molecule is CCOC(OCC)[C@@H]1CCCN1C(=O)[C@H]1NCC(=S)C1C(=O)CC1Cc2ccccc2C1. The van der Waals surface area contributed by atoms with Crippen molar-refractivity contribution in [2.45, 2.75) is 64.3 Å². The van der Waals surface area contributed by atoms with E-state index in [1.807, 2.05) is 18.7 Å². The Hall–Kier alpha value is -1.67. The monoisotopic (exact) mass is 458 g/mol. The number of rotatable bonds is 9. The van der Waals surface area contributed by atoms with Crippen molar-refractivity contribution in [2.75, 3.05) is 26.3 Å². The Balaban J connectivity index is 1.44. The van der Waals surface area contributed by atoms with E-state index in [9.17, 15) is 9.59 Å². The molecule has 0 saturated carbocycles. The third-order valence-electron chi connectivity index (χ3n) is 6.97. The number of carbonyl (C=O) groups excluding carboxylic acids is 2. The van der Waals surface area contributed by atoms with Gasteiger partial charge in [-0.25, -0.2) is 0 Å². The third-order valence-corrected chi connectivity index (χ3v) is 7.37. The van der Waals surface area contributed by atoms with Crippen LogP contribution in [0.1, 0.15) is 44.2 Å². The second-order valence-electron chi connectivity index (χ2n) is 9.04. The summed E-state index contributed by atoms with van der Waals surface area (Å²) in [7, 11) is 0. The van der Waals surface area contributed by atoms with E-state index in [-0.39, 0.29) is 17.7 Å². The molecule has 4 rings (SSSR count). The fraction of sp³-hybridized carbons (Fsp3) is 0.640. The Morgan fingerprint density at radius 1 is 1.16 bits per heavy atom. The van der Waals surface area contributed by atoms with Gasteiger partial charge in [-0.1, -0.05) is 36.5 Å². The molecule has 6 nitrogen and oxygen atoms in total. The van der Waals surface area contributed by atoms with Gasteiger partial charge in [-0.2, -0.15) is 0 Å². The quantitative estimate of drug-likeness (QED) is 0.453. The van der Waals surface area contributed by atoms with Gasteiger partial charge in [0.05, 0.1) is 12.0 Å². The third kappa shape index (κ3) is 4.81. The van der Waals surface area contributed by atoms with E-state index in [1.54, 1.807) is 0 Å². The maximum Gasteiger partial charge on any atom is 0.241 e. The molecule has 3 aliphatic rings. The predicted octanol–water partition coefficient (Wildman–Crippen LogP) is 2.71. The molecule has 2 aliphatic heterocycles. The van der Waals surface area contributed by atoms with E-state index < -0.39 is 18.2 Å². The van der Waals surface area contributed by atoms with Gasteiger partial charge in [0.1, 0.15) is 11.8 Å². The molecule has 0 radical (unpaired) electrons. The van der Waals surface area contributed by atoms with Gasteiger partial charge in [-0.15, -0.1) is 0 Å². The van der Waals surface area contributed by atoms with Gasteiger partial charge in [0.25, 0.3) is 0 Å². The molecule has 1 aromatic rings. The number of thiocarbonyl (C=S) groups is 1. The first-order chi connectivity index (χ1) is 15.5. The number of nitrogens with one attached hydrogen (secondary N) is 1. The number of hydrogen-bond acceptors (Lipinski definition) is 6. The van der Waals surface area contributed by atoms with E-state index in [0.29, 0.717) is 43.5 Å². The zero-order valence-electron chi connectivity index (χ0n) is 19.0. The van der Waals surface area contributed by atoms with Crippen molar-refractivity contribution in [3.63, 3.8) is 0 Å². The molecule has 7 heteroatoms. The van der Waals surface area contributed by atoms with Crippen molar-refractivity contribution in [1.82, 2.24) is 10.2 Å². The summed E-state index contributed by atoms with van der Waals surface area (Å²) in [5.41, 5.74) is 2.67. The number of ether oxygens (including phenoxy) is 2. The molecule has 32 heavy (non-hydrogen) atoms. The molecule has 1 aliphatic carbocycles. The van der Waals surface area contributed by atoms with Gasteiger partial charge in [-0.3, -0.25) is 9.59 Å². The summed E-state index contributed by atoms with van der Waals surface area (Å²) in [4.78, 5) is 29.5. The van der Waals surface area contributed by atoms with Crippen LogP contribution >= 0.6 is 12.2 Å². The smallest absolute Gasteiger partial charge is 0.241 e. The number of fused-ring (bicyclic) bond motifs is 1. The van der Waals surface area contributed by atoms with E-state index in [4.69, 9.17) is 21.7 Å². The summed E-state index contributed by atoms with van der Waals surface area (Å²) >= 11 is 5.56. The van der Waals surface area contributed by atoms with Gasteiger partial charge in [0, 0.05) is 37.6 Å². The molecule has 2 saturated heterocycles. The van der Waals surface area contributed by atoms with Crippen molar-refractivity contribution in [2.24, 2.45) is 11.8 Å². The lowest BCUT2D eigenvalue weighted by molar-refractivity contribution is -0.176. The standard InChI is InChI=1S/C25H34N2O4S/c1-3-30-25(31-4-2)19-10-7-11-27(19)24(29)23-22(21(32)15-26-23)20(28)14-16-12-17-8-5-6-9-18(17)13-16/h5-6,8-9,16,19,22-23,25-26H,3-4,7,10-15H2,1-2H3/t19-,22?,23-/m0/s1. The highest BCUT2D eigenvalue weighted by Gasteiger charge is 2.46. The number of nitrogens with zero attached hydrogens (tertiary/aromatic N) is 1. The Bertz CT molecular complexity index is 829. The topological polar surface area (TPSA) is 67.9 Å². The minimum atomic E-state index is -0.580. The Morgan fingerprint density at radius 3 is 2.44 bits per heavy atom. The number of amides is 1. The number of Topliss-reactive ketones (excluding diaryl/α,β-unsaturated/α-hetero) is 1. The van der Waals surface area contributed by atoms with Crippen LogP contribution in [0.4, 0.5) is 0 Å². The fourth-order valence-electron chi connectivity index (χ4n) is 5.55. The van der Waals surface area contributed by atoms with Gasteiger partial charge < -0.3 is 19.7 Å². The number of carbonyl (C=O) groups is 2. The van der Waals surface area contributed by atoms with Crippen LogP contribution in [0.25, 0.3) is 0 Å². The van der Waals surface area contributed by atoms with E-state index >= 15 is 0 Å². The lowest BCUT2D eigenvalue weighted by atomic mass is 9.87. The predicted molar refractivity (Wildman–Crippen MR) is 127 cm³/mol. The lowest BCUT2D eigenvalue weighted by Crippen LogP contribution is -2.53. The van der Waals surface area contributed by atoms with Crippen LogP contribution < -0.4 is 5.32 Å². The van der Waals surface area contributed by atoms with Gasteiger partial charge >= 0.3 is 0 Å². The van der Waals surface area contributed by atoms with Crippen molar-refractivity contribution >= 4 is 28.8 Å². The molecule has 3 atom stereocenters. The van der Waals surface area contributed by atoms with Crippen molar-refractivity contribution in [3.8, 4) is 0 Å². The molecular formula is C25H34N2O4S. The number of likely N-dealkylation sites (tertiary alicyclic amines) is 1. The van der Waals surface area contributed by atoms with E-state index in [1.165, 1.54) is 11.1 Å². The number of benzene rings is 1. The molecule has 1 amide bonds. The molecule has 174 valence electrons. The van der Waals surface area contributed by atoms with Crippen LogP contribution in [-0.2, 0) is 31.9 Å². The second-order valence-corrected chi connectivity index (χ2v) is 9.56. The molecular weight excluding hydrogens is 424 g/mol. The molecule has 1 aromatic carbocycles. The minimum absolute atomic E-state index is 0.0511. The van der Waals surface area contributed by atoms with E-state index in [0.717, 1.165) is 25.7 Å². The summed E-state index contributed by atoms with van der Waals surface area (Å²) < 4.78 is 11.6. The highest BCUT2D eigenvalue weighted by atomic mass is 32.1. The average Bonchev–Trinajstić information content (AvgIpc) is 3.50. The largest absolute Gasteiger partial charge is 0.351 e. The first-order valence-corrected chi connectivity index (χ1v) is 12.3. The first-order valence-electron chi connectivity index (χ1n) is 11.9. The maximum atomic E-state index is 13.6. The first kappa shape index (κ1) is 23.5. The Kier molecular flexibility index (Phi) is 7.71. The molecule has 0 aromatic heterocycles. The Morgan fingerprint density at radius 2 is 1.81 bits per heavy atom. The van der Waals surface area contributed by atoms with Gasteiger partial charge in [-0.05, 0) is 56.6 Å². The zero-order chi connectivity index (χ0) is 22.7. The van der Waals surface area contributed by atoms with Gasteiger partial charge in [0.2, 0.25) is 5.91 Å². The van der Waals surface area contributed by atoms with Crippen LogP contribution in [0.3, 0.4) is 0 Å². The summed E-state index contributed by atoms with van der Waals surface area (Å²) in [6, 6.07) is 7.70. The van der Waals surface area contributed by atoms with Crippen molar-refractivity contribution in [1.29, 1.82) is 0 Å². The number of ketones is 1. The van der Waals surface area contributed by atoms with Gasteiger partial charge in [0.15, 0.2) is 6.29 Å². The van der Waals surface area contributed by atoms with Crippen molar-refractivity contribution < 1.29 is 19.1 Å². The molecule has 1 N–H and O–H groups in total. The minimum Gasteiger partial charge on any atom is -0.351 e. The average molecular weight is 459 g/mol. The normalized spacial score (nSPS) is 25.7. The molecule has 0 bridgehead atoms. The summed E-state index contributed by atoms with van der Waals surface area (Å²) in [6.45, 7) is 6.01. The molecule has 0 spiro atoms.